The summed E-state index contributed by atoms with van der Waals surface area (Å²) >= 11 is 37.1. The van der Waals surface area contributed by atoms with Gasteiger partial charge in [-0.1, -0.05) is 52.5 Å². The zero-order valence-corrected chi connectivity index (χ0v) is 24.7. The molecule has 1 amide bonds. The summed E-state index contributed by atoms with van der Waals surface area (Å²) in [5, 5.41) is 2.99. The van der Waals surface area contributed by atoms with Crippen molar-refractivity contribution in [2.75, 3.05) is 5.32 Å². The van der Waals surface area contributed by atoms with E-state index in [-0.39, 0.29) is 36.9 Å². The number of carbonyl (C=O) groups excluding carboxylic acids is 3. The van der Waals surface area contributed by atoms with Crippen molar-refractivity contribution in [3.63, 3.8) is 0 Å². The first-order valence-corrected chi connectivity index (χ1v) is 13.8. The number of carbonyl (C=O) groups is 3. The van der Waals surface area contributed by atoms with E-state index in [2.05, 4.69) is 5.32 Å². The van der Waals surface area contributed by atoms with Crippen LogP contribution < -0.4 is 5.32 Å². The summed E-state index contributed by atoms with van der Waals surface area (Å²) in [6.07, 6.45) is -5.24. The number of nitrogens with one attached hydrogen (secondary N) is 1. The lowest BCUT2D eigenvalue weighted by molar-refractivity contribution is -0.128. The first-order chi connectivity index (χ1) is 19.1. The molecular formula is C27H15Cl6F4NO3. The summed E-state index contributed by atoms with van der Waals surface area (Å²) in [4.78, 5) is 37.4. The third-order valence-electron chi connectivity index (χ3n) is 6.45. The molecule has 3 aromatic rings. The fraction of sp³-hybridized carbons (Fsp3) is 0.222. The Morgan fingerprint density at radius 1 is 0.878 bits per heavy atom. The molecule has 3 aromatic carbocycles. The molecule has 4 rings (SSSR count). The summed E-state index contributed by atoms with van der Waals surface area (Å²) in [5.74, 6) is -7.11. The van der Waals surface area contributed by atoms with E-state index in [1.54, 1.807) is 0 Å². The second-order valence-corrected chi connectivity index (χ2v) is 12.2. The van der Waals surface area contributed by atoms with Crippen molar-refractivity contribution in [3.8, 4) is 0 Å². The quantitative estimate of drug-likeness (QED) is 0.106. The molecule has 2 atom stereocenters. The summed E-state index contributed by atoms with van der Waals surface area (Å²) in [7, 11) is 0. The Kier molecular flexibility index (Phi) is 9.53. The van der Waals surface area contributed by atoms with Crippen molar-refractivity contribution in [1.82, 2.24) is 0 Å². The summed E-state index contributed by atoms with van der Waals surface area (Å²) in [6, 6.07) is 8.68. The lowest BCUT2D eigenvalue weighted by Gasteiger charge is -2.11. The average Bonchev–Trinajstić information content (AvgIpc) is 3.49. The lowest BCUT2D eigenvalue weighted by atomic mass is 9.98. The third kappa shape index (κ3) is 6.63. The van der Waals surface area contributed by atoms with E-state index in [1.807, 2.05) is 0 Å². The predicted molar refractivity (Wildman–Crippen MR) is 151 cm³/mol. The van der Waals surface area contributed by atoms with Crippen molar-refractivity contribution in [3.05, 3.63) is 96.4 Å². The third-order valence-corrected chi connectivity index (χ3v) is 8.91. The van der Waals surface area contributed by atoms with Crippen LogP contribution in [-0.4, -0.2) is 28.2 Å². The Morgan fingerprint density at radius 3 is 2.12 bits per heavy atom. The SMILES string of the molecule is O=C(Cc1ccc(F)c(CC(=O)C(F)F)c1F)c1cc(NC(=O)[C@H]2[C@H](c3cc(Cl)c(Cl)c(Cl)c3)C2(Cl)Cl)ccc1Cl. The molecule has 0 heterocycles. The molecule has 1 saturated carbocycles. The van der Waals surface area contributed by atoms with Gasteiger partial charge in [0.2, 0.25) is 11.7 Å². The number of amides is 1. The van der Waals surface area contributed by atoms with Gasteiger partial charge in [0.15, 0.2) is 5.78 Å². The molecule has 1 aliphatic rings. The highest BCUT2D eigenvalue weighted by Gasteiger charge is 2.67. The molecule has 4 nitrogen and oxygen atoms in total. The Hall–Kier alpha value is -2.07. The van der Waals surface area contributed by atoms with E-state index in [9.17, 15) is 31.9 Å². The first kappa shape index (κ1) is 31.9. The smallest absolute Gasteiger partial charge is 0.296 e. The van der Waals surface area contributed by atoms with Crippen LogP contribution in [0, 0.1) is 17.6 Å². The van der Waals surface area contributed by atoms with Gasteiger partial charge >= 0.3 is 0 Å². The van der Waals surface area contributed by atoms with Crippen LogP contribution in [0.5, 0.6) is 0 Å². The fourth-order valence-corrected chi connectivity index (χ4v) is 5.99. The highest BCUT2D eigenvalue weighted by molar-refractivity contribution is 6.54. The molecule has 0 bridgehead atoms. The maximum atomic E-state index is 14.9. The van der Waals surface area contributed by atoms with Crippen LogP contribution >= 0.6 is 69.6 Å². The molecular weight excluding hydrogens is 675 g/mol. The average molecular weight is 690 g/mol. The normalized spacial score (nSPS) is 17.4. The Balaban J connectivity index is 1.52. The van der Waals surface area contributed by atoms with Crippen LogP contribution in [0.2, 0.25) is 20.1 Å². The van der Waals surface area contributed by atoms with Gasteiger partial charge in [0.05, 0.1) is 26.0 Å². The van der Waals surface area contributed by atoms with Gasteiger partial charge < -0.3 is 5.32 Å². The summed E-state index contributed by atoms with van der Waals surface area (Å²) < 4.78 is 52.6. The molecule has 1 aliphatic carbocycles. The molecule has 0 spiro atoms. The van der Waals surface area contributed by atoms with E-state index >= 15 is 0 Å². The Bertz CT molecular complexity index is 1560. The van der Waals surface area contributed by atoms with E-state index in [4.69, 9.17) is 69.6 Å². The Morgan fingerprint density at radius 2 is 1.51 bits per heavy atom. The molecule has 0 radical (unpaired) electrons. The minimum atomic E-state index is -3.41. The second-order valence-electron chi connectivity index (χ2n) is 9.16. The van der Waals surface area contributed by atoms with E-state index in [0.717, 1.165) is 12.1 Å². The van der Waals surface area contributed by atoms with Gasteiger partial charge in [0.1, 0.15) is 16.0 Å². The first-order valence-electron chi connectivity index (χ1n) is 11.6. The number of halogens is 10. The van der Waals surface area contributed by atoms with Crippen LogP contribution in [0.4, 0.5) is 23.2 Å². The molecule has 14 heteroatoms. The van der Waals surface area contributed by atoms with E-state index in [1.165, 1.54) is 30.3 Å². The van der Waals surface area contributed by atoms with Gasteiger partial charge in [-0.05, 0) is 47.5 Å². The molecule has 0 aromatic heterocycles. The van der Waals surface area contributed by atoms with Gasteiger partial charge in [-0.2, -0.15) is 0 Å². The molecule has 0 aliphatic heterocycles. The molecule has 41 heavy (non-hydrogen) atoms. The number of ketones is 2. The van der Waals surface area contributed by atoms with Crippen LogP contribution in [0.15, 0.2) is 42.5 Å². The number of benzene rings is 3. The van der Waals surface area contributed by atoms with Crippen molar-refractivity contribution in [2.24, 2.45) is 5.92 Å². The van der Waals surface area contributed by atoms with Crippen molar-refractivity contribution in [1.29, 1.82) is 0 Å². The molecule has 1 fully saturated rings. The minimum Gasteiger partial charge on any atom is -0.326 e. The topological polar surface area (TPSA) is 63.2 Å². The maximum Gasteiger partial charge on any atom is 0.296 e. The second kappa shape index (κ2) is 12.3. The van der Waals surface area contributed by atoms with Crippen LogP contribution in [0.3, 0.4) is 0 Å². The van der Waals surface area contributed by atoms with Crippen molar-refractivity contribution in [2.45, 2.75) is 29.5 Å². The summed E-state index contributed by atoms with van der Waals surface area (Å²) in [6.45, 7) is 0. The lowest BCUT2D eigenvalue weighted by Crippen LogP contribution is -2.18. The monoisotopic (exact) mass is 687 g/mol. The number of hydrogen-bond donors (Lipinski definition) is 1. The van der Waals surface area contributed by atoms with Gasteiger partial charge in [-0.25, -0.2) is 17.6 Å². The zero-order valence-electron chi connectivity index (χ0n) is 20.2. The number of rotatable bonds is 9. The molecule has 0 saturated heterocycles. The molecule has 216 valence electrons. The minimum absolute atomic E-state index is 0.0394. The van der Waals surface area contributed by atoms with Gasteiger partial charge in [0.25, 0.3) is 6.43 Å². The number of alkyl halides is 4. The van der Waals surface area contributed by atoms with Crippen LogP contribution in [-0.2, 0) is 22.4 Å². The van der Waals surface area contributed by atoms with Gasteiger partial charge in [-0.15, -0.1) is 23.2 Å². The Labute approximate surface area is 260 Å². The predicted octanol–water partition coefficient (Wildman–Crippen LogP) is 8.91. The van der Waals surface area contributed by atoms with Gasteiger partial charge in [-0.3, -0.25) is 14.4 Å². The van der Waals surface area contributed by atoms with Crippen molar-refractivity contribution < 1.29 is 31.9 Å². The number of hydrogen-bond acceptors (Lipinski definition) is 3. The fourth-order valence-electron chi connectivity index (χ4n) is 4.32. The molecule has 1 N–H and O–H groups in total. The standard InChI is InChI=1S/C27H15Cl6F4NO3/c28-15-3-2-12(38-26(41)22-21(27(22,32)33)11-5-16(29)23(31)17(30)6-11)8-13(15)19(39)7-10-1-4-18(34)14(24(10)35)9-20(40)25(36)37/h1-6,8,21-22,25H,7,9H2,(H,38,41)/t21-,22+/m0/s1. The molecule has 0 unspecified atom stereocenters. The number of Topliss-reactive ketones (excluding diaryl/α,β-unsaturated/α-hetero) is 2. The highest BCUT2D eigenvalue weighted by Crippen LogP contribution is 2.65. The van der Waals surface area contributed by atoms with Crippen molar-refractivity contribution >= 4 is 92.8 Å². The number of anilines is 1. The van der Waals surface area contributed by atoms with Crippen LogP contribution in [0.1, 0.15) is 33.0 Å². The largest absolute Gasteiger partial charge is 0.326 e. The maximum absolute atomic E-state index is 14.9. The van der Waals surface area contributed by atoms with Gasteiger partial charge in [0, 0.05) is 35.6 Å². The summed E-state index contributed by atoms with van der Waals surface area (Å²) in [5.41, 5.74) is -0.718. The van der Waals surface area contributed by atoms with E-state index < -0.39 is 70.1 Å². The van der Waals surface area contributed by atoms with Crippen LogP contribution in [0.25, 0.3) is 0 Å². The zero-order chi connectivity index (χ0) is 30.4. The van der Waals surface area contributed by atoms with E-state index in [0.29, 0.717) is 5.56 Å². The highest BCUT2D eigenvalue weighted by atomic mass is 35.5.